The molecule has 3 aromatic rings. The Labute approximate surface area is 178 Å². The van der Waals surface area contributed by atoms with Gasteiger partial charge in [-0.2, -0.15) is 0 Å². The van der Waals surface area contributed by atoms with E-state index in [1.54, 1.807) is 37.4 Å². The van der Waals surface area contributed by atoms with Gasteiger partial charge in [0.15, 0.2) is 0 Å². The Morgan fingerprint density at radius 1 is 0.931 bits per heavy atom. The molecule has 6 heteroatoms. The summed E-state index contributed by atoms with van der Waals surface area (Å²) >= 11 is 3.41. The number of benzene rings is 3. The van der Waals surface area contributed by atoms with Crippen molar-refractivity contribution >= 4 is 39.1 Å². The summed E-state index contributed by atoms with van der Waals surface area (Å²) in [6, 6.07) is 20.2. The Balaban J connectivity index is 1.65. The molecule has 0 aliphatic rings. The standard InChI is InChI=1S/C23H21BrN2O3/c1-15-12-17(24)14-20(22(15)29-2)23(28)26-19-10-8-18(9-11-19)25-21(27)13-16-6-4-3-5-7-16/h3-12,14H,13H2,1-2H3,(H,25,27)(H,26,28). The fourth-order valence-corrected chi connectivity index (χ4v) is 3.56. The fraction of sp³-hybridized carbons (Fsp3) is 0.130. The van der Waals surface area contributed by atoms with E-state index < -0.39 is 0 Å². The minimum Gasteiger partial charge on any atom is -0.496 e. The normalized spacial score (nSPS) is 10.3. The molecule has 0 aromatic heterocycles. The number of ether oxygens (including phenoxy) is 1. The third-order valence-electron chi connectivity index (χ3n) is 4.32. The van der Waals surface area contributed by atoms with E-state index in [2.05, 4.69) is 26.6 Å². The molecule has 2 N–H and O–H groups in total. The van der Waals surface area contributed by atoms with Gasteiger partial charge in [-0.1, -0.05) is 46.3 Å². The lowest BCUT2D eigenvalue weighted by Crippen LogP contribution is -2.15. The minimum absolute atomic E-state index is 0.0951. The van der Waals surface area contributed by atoms with Crippen molar-refractivity contribution in [2.75, 3.05) is 17.7 Å². The van der Waals surface area contributed by atoms with E-state index in [0.29, 0.717) is 29.1 Å². The van der Waals surface area contributed by atoms with Crippen molar-refractivity contribution in [1.29, 1.82) is 0 Å². The molecular formula is C23H21BrN2O3. The summed E-state index contributed by atoms with van der Waals surface area (Å²) < 4.78 is 6.18. The highest BCUT2D eigenvalue weighted by Gasteiger charge is 2.16. The topological polar surface area (TPSA) is 67.4 Å². The van der Waals surface area contributed by atoms with Crippen molar-refractivity contribution in [2.45, 2.75) is 13.3 Å². The first kappa shape index (κ1) is 20.6. The van der Waals surface area contributed by atoms with Gasteiger partial charge in [-0.3, -0.25) is 9.59 Å². The van der Waals surface area contributed by atoms with Gasteiger partial charge in [-0.05, 0) is 54.4 Å². The number of halogens is 1. The van der Waals surface area contributed by atoms with Gasteiger partial charge in [0, 0.05) is 15.8 Å². The zero-order chi connectivity index (χ0) is 20.8. The predicted octanol–water partition coefficient (Wildman–Crippen LogP) is 5.20. The summed E-state index contributed by atoms with van der Waals surface area (Å²) in [6.45, 7) is 1.88. The molecule has 148 valence electrons. The maximum absolute atomic E-state index is 12.7. The van der Waals surface area contributed by atoms with Gasteiger partial charge >= 0.3 is 0 Å². The van der Waals surface area contributed by atoms with E-state index >= 15 is 0 Å². The SMILES string of the molecule is COc1c(C)cc(Br)cc1C(=O)Nc1ccc(NC(=O)Cc2ccccc2)cc1. The number of rotatable bonds is 6. The van der Waals surface area contributed by atoms with Crippen molar-refractivity contribution in [1.82, 2.24) is 0 Å². The highest BCUT2D eigenvalue weighted by molar-refractivity contribution is 9.10. The lowest BCUT2D eigenvalue weighted by Gasteiger charge is -2.13. The van der Waals surface area contributed by atoms with Crippen LogP contribution in [0.2, 0.25) is 0 Å². The number of aryl methyl sites for hydroxylation is 1. The maximum atomic E-state index is 12.7. The number of hydrogen-bond donors (Lipinski definition) is 2. The molecular weight excluding hydrogens is 432 g/mol. The summed E-state index contributed by atoms with van der Waals surface area (Å²) in [4.78, 5) is 24.8. The van der Waals surface area contributed by atoms with Crippen LogP contribution in [0, 0.1) is 6.92 Å². The van der Waals surface area contributed by atoms with Crippen LogP contribution in [0.3, 0.4) is 0 Å². The van der Waals surface area contributed by atoms with Crippen molar-refractivity contribution in [3.05, 3.63) is 87.9 Å². The second-order valence-corrected chi connectivity index (χ2v) is 7.46. The van der Waals surface area contributed by atoms with Gasteiger partial charge in [0.25, 0.3) is 5.91 Å². The molecule has 0 saturated heterocycles. The number of anilines is 2. The zero-order valence-corrected chi connectivity index (χ0v) is 17.7. The molecule has 3 aromatic carbocycles. The summed E-state index contributed by atoms with van der Waals surface area (Å²) in [5.41, 5.74) is 3.55. The van der Waals surface area contributed by atoms with Crippen LogP contribution in [0.5, 0.6) is 5.75 Å². The van der Waals surface area contributed by atoms with Crippen LogP contribution in [0.4, 0.5) is 11.4 Å². The first-order valence-electron chi connectivity index (χ1n) is 9.05. The Morgan fingerprint density at radius 3 is 2.17 bits per heavy atom. The summed E-state index contributed by atoms with van der Waals surface area (Å²) in [5, 5.41) is 5.71. The fourth-order valence-electron chi connectivity index (χ4n) is 2.99. The molecule has 0 spiro atoms. The molecule has 0 bridgehead atoms. The monoisotopic (exact) mass is 452 g/mol. The Kier molecular flexibility index (Phi) is 6.67. The molecule has 5 nitrogen and oxygen atoms in total. The Bertz CT molecular complexity index is 1020. The molecule has 0 aliphatic carbocycles. The first-order valence-corrected chi connectivity index (χ1v) is 9.85. The second kappa shape index (κ2) is 9.39. The molecule has 0 saturated carbocycles. The highest BCUT2D eigenvalue weighted by Crippen LogP contribution is 2.28. The number of amides is 2. The summed E-state index contributed by atoms with van der Waals surface area (Å²) in [7, 11) is 1.54. The Hall–Kier alpha value is -3.12. The Morgan fingerprint density at radius 2 is 1.55 bits per heavy atom. The summed E-state index contributed by atoms with van der Waals surface area (Å²) in [5.74, 6) is 0.171. The van der Waals surface area contributed by atoms with Crippen LogP contribution in [0.15, 0.2) is 71.2 Å². The van der Waals surface area contributed by atoms with Crippen molar-refractivity contribution in [3.63, 3.8) is 0 Å². The molecule has 0 unspecified atom stereocenters. The largest absolute Gasteiger partial charge is 0.496 e. The van der Waals surface area contributed by atoms with Crippen LogP contribution >= 0.6 is 15.9 Å². The van der Waals surface area contributed by atoms with Crippen LogP contribution in [0.1, 0.15) is 21.5 Å². The van der Waals surface area contributed by atoms with Crippen molar-refractivity contribution in [3.8, 4) is 5.75 Å². The van der Waals surface area contributed by atoms with E-state index in [1.807, 2.05) is 43.3 Å². The van der Waals surface area contributed by atoms with Gasteiger partial charge in [0.1, 0.15) is 5.75 Å². The molecule has 29 heavy (non-hydrogen) atoms. The molecule has 3 rings (SSSR count). The highest BCUT2D eigenvalue weighted by atomic mass is 79.9. The number of carbonyl (C=O) groups excluding carboxylic acids is 2. The second-order valence-electron chi connectivity index (χ2n) is 6.55. The third-order valence-corrected chi connectivity index (χ3v) is 4.78. The van der Waals surface area contributed by atoms with Crippen LogP contribution < -0.4 is 15.4 Å². The third kappa shape index (κ3) is 5.45. The van der Waals surface area contributed by atoms with Crippen LogP contribution in [-0.2, 0) is 11.2 Å². The van der Waals surface area contributed by atoms with E-state index in [1.165, 1.54) is 0 Å². The van der Waals surface area contributed by atoms with Crippen LogP contribution in [0.25, 0.3) is 0 Å². The average Bonchev–Trinajstić information content (AvgIpc) is 2.69. The number of methoxy groups -OCH3 is 1. The summed E-state index contributed by atoms with van der Waals surface area (Å²) in [6.07, 6.45) is 0.307. The molecule has 0 fully saturated rings. The molecule has 0 aliphatic heterocycles. The van der Waals surface area contributed by atoms with E-state index in [4.69, 9.17) is 4.74 Å². The average molecular weight is 453 g/mol. The van der Waals surface area contributed by atoms with Crippen molar-refractivity contribution in [2.24, 2.45) is 0 Å². The van der Waals surface area contributed by atoms with Gasteiger partial charge in [-0.15, -0.1) is 0 Å². The first-order chi connectivity index (χ1) is 14.0. The van der Waals surface area contributed by atoms with Gasteiger partial charge in [0.05, 0.1) is 19.1 Å². The smallest absolute Gasteiger partial charge is 0.259 e. The zero-order valence-electron chi connectivity index (χ0n) is 16.2. The molecule has 0 atom stereocenters. The lowest BCUT2D eigenvalue weighted by molar-refractivity contribution is -0.115. The van der Waals surface area contributed by atoms with E-state index in [-0.39, 0.29) is 11.8 Å². The molecule has 0 radical (unpaired) electrons. The van der Waals surface area contributed by atoms with Gasteiger partial charge in [0.2, 0.25) is 5.91 Å². The lowest BCUT2D eigenvalue weighted by atomic mass is 10.1. The van der Waals surface area contributed by atoms with Crippen molar-refractivity contribution < 1.29 is 14.3 Å². The van der Waals surface area contributed by atoms with E-state index in [0.717, 1.165) is 15.6 Å². The number of nitrogens with one attached hydrogen (secondary N) is 2. The van der Waals surface area contributed by atoms with Crippen LogP contribution in [-0.4, -0.2) is 18.9 Å². The predicted molar refractivity (Wildman–Crippen MR) is 119 cm³/mol. The number of hydrogen-bond acceptors (Lipinski definition) is 3. The number of carbonyl (C=O) groups is 2. The van der Waals surface area contributed by atoms with Gasteiger partial charge < -0.3 is 15.4 Å². The molecule has 2 amide bonds. The van der Waals surface area contributed by atoms with E-state index in [9.17, 15) is 9.59 Å². The van der Waals surface area contributed by atoms with Gasteiger partial charge in [-0.25, -0.2) is 0 Å². The quantitative estimate of drug-likeness (QED) is 0.539. The maximum Gasteiger partial charge on any atom is 0.259 e. The molecule has 0 heterocycles. The minimum atomic E-state index is -0.271.